The smallest absolute Gasteiger partial charge is 0.175 e. The van der Waals surface area contributed by atoms with Crippen molar-refractivity contribution in [2.45, 2.75) is 44.2 Å². The molecule has 5 nitrogen and oxygen atoms in total. The third-order valence-electron chi connectivity index (χ3n) is 3.89. The Bertz CT molecular complexity index is 878. The summed E-state index contributed by atoms with van der Waals surface area (Å²) in [6.45, 7) is 6.00. The maximum atomic E-state index is 11.6. The van der Waals surface area contributed by atoms with E-state index in [-0.39, 0.29) is 12.1 Å². The zero-order valence-corrected chi connectivity index (χ0v) is 17.7. The van der Waals surface area contributed by atoms with Crippen molar-refractivity contribution in [1.29, 1.82) is 0 Å². The molecule has 0 aromatic heterocycles. The van der Waals surface area contributed by atoms with E-state index in [9.17, 15) is 8.42 Å². The largest absolute Gasteiger partial charge is 0.491 e. The van der Waals surface area contributed by atoms with Crippen LogP contribution >= 0.6 is 12.2 Å². The SMILES string of the molecule is CCC(NC(=S)Nc1cccc(OC(C)C)c1)c1ccc(S(C)(=O)=O)cc1. The molecule has 0 saturated carbocycles. The van der Waals surface area contributed by atoms with E-state index in [2.05, 4.69) is 10.6 Å². The van der Waals surface area contributed by atoms with Crippen LogP contribution in [0.3, 0.4) is 0 Å². The summed E-state index contributed by atoms with van der Waals surface area (Å²) in [5.74, 6) is 0.779. The van der Waals surface area contributed by atoms with Gasteiger partial charge in [0, 0.05) is 18.0 Å². The molecule has 2 aromatic carbocycles. The monoisotopic (exact) mass is 406 g/mol. The number of sulfone groups is 1. The Labute approximate surface area is 167 Å². The lowest BCUT2D eigenvalue weighted by atomic mass is 10.1. The summed E-state index contributed by atoms with van der Waals surface area (Å²) in [4.78, 5) is 0.309. The van der Waals surface area contributed by atoms with Crippen LogP contribution in [0.4, 0.5) is 5.69 Å². The molecule has 27 heavy (non-hydrogen) atoms. The van der Waals surface area contributed by atoms with Crippen molar-refractivity contribution in [2.24, 2.45) is 0 Å². The summed E-state index contributed by atoms with van der Waals surface area (Å²) in [6, 6.07) is 14.5. The van der Waals surface area contributed by atoms with E-state index in [0.29, 0.717) is 10.0 Å². The molecule has 1 unspecified atom stereocenters. The highest BCUT2D eigenvalue weighted by Crippen LogP contribution is 2.21. The first-order valence-electron chi connectivity index (χ1n) is 8.83. The number of nitrogens with one attached hydrogen (secondary N) is 2. The quantitative estimate of drug-likeness (QED) is 0.668. The van der Waals surface area contributed by atoms with E-state index in [0.717, 1.165) is 23.4 Å². The molecule has 0 heterocycles. The molecule has 0 amide bonds. The van der Waals surface area contributed by atoms with Crippen molar-refractivity contribution in [2.75, 3.05) is 11.6 Å². The fourth-order valence-electron chi connectivity index (χ4n) is 2.61. The first kappa shape index (κ1) is 21.2. The Hall–Kier alpha value is -2.12. The summed E-state index contributed by atoms with van der Waals surface area (Å²) < 4.78 is 28.9. The molecule has 0 aliphatic heterocycles. The van der Waals surface area contributed by atoms with Crippen LogP contribution in [0.5, 0.6) is 5.75 Å². The standard InChI is InChI=1S/C20H26N2O3S2/c1-5-19(15-9-11-18(12-10-15)27(4,23)24)22-20(26)21-16-7-6-8-17(13-16)25-14(2)3/h6-14,19H,5H2,1-4H3,(H2,21,22,26). The van der Waals surface area contributed by atoms with Crippen LogP contribution in [0.25, 0.3) is 0 Å². The van der Waals surface area contributed by atoms with Gasteiger partial charge in [0.1, 0.15) is 5.75 Å². The molecule has 0 saturated heterocycles. The second-order valence-electron chi connectivity index (χ2n) is 6.59. The molecule has 2 N–H and O–H groups in total. The zero-order chi connectivity index (χ0) is 20.0. The molecule has 0 bridgehead atoms. The lowest BCUT2D eigenvalue weighted by Gasteiger charge is -2.20. The van der Waals surface area contributed by atoms with E-state index in [1.807, 2.05) is 57.2 Å². The number of benzene rings is 2. The molecule has 0 spiro atoms. The van der Waals surface area contributed by atoms with Crippen molar-refractivity contribution < 1.29 is 13.2 Å². The van der Waals surface area contributed by atoms with Gasteiger partial charge in [-0.25, -0.2) is 8.42 Å². The van der Waals surface area contributed by atoms with Crippen LogP contribution in [-0.2, 0) is 9.84 Å². The number of hydrogen-bond acceptors (Lipinski definition) is 4. The van der Waals surface area contributed by atoms with Crippen LogP contribution < -0.4 is 15.4 Å². The maximum absolute atomic E-state index is 11.6. The average Bonchev–Trinajstić information content (AvgIpc) is 2.59. The Balaban J connectivity index is 2.05. The number of hydrogen-bond donors (Lipinski definition) is 2. The van der Waals surface area contributed by atoms with Crippen molar-refractivity contribution in [3.63, 3.8) is 0 Å². The van der Waals surface area contributed by atoms with Gasteiger partial charge in [0.2, 0.25) is 0 Å². The molecule has 2 aromatic rings. The van der Waals surface area contributed by atoms with Gasteiger partial charge in [0.05, 0.1) is 17.0 Å². The van der Waals surface area contributed by atoms with Crippen LogP contribution in [0, 0.1) is 0 Å². The van der Waals surface area contributed by atoms with E-state index in [1.165, 1.54) is 6.26 Å². The van der Waals surface area contributed by atoms with Crippen molar-refractivity contribution in [3.05, 3.63) is 54.1 Å². The van der Waals surface area contributed by atoms with Crippen LogP contribution in [0.1, 0.15) is 38.8 Å². The van der Waals surface area contributed by atoms with Gasteiger partial charge in [-0.1, -0.05) is 25.1 Å². The first-order chi connectivity index (χ1) is 12.7. The predicted molar refractivity (Wildman–Crippen MR) is 114 cm³/mol. The minimum Gasteiger partial charge on any atom is -0.491 e. The number of ether oxygens (including phenoxy) is 1. The van der Waals surface area contributed by atoms with Crippen molar-refractivity contribution >= 4 is 32.9 Å². The highest BCUT2D eigenvalue weighted by molar-refractivity contribution is 7.90. The van der Waals surface area contributed by atoms with E-state index < -0.39 is 9.84 Å². The van der Waals surface area contributed by atoms with Gasteiger partial charge >= 0.3 is 0 Å². The molecule has 0 radical (unpaired) electrons. The van der Waals surface area contributed by atoms with E-state index >= 15 is 0 Å². The van der Waals surface area contributed by atoms with Crippen molar-refractivity contribution in [3.8, 4) is 5.75 Å². The maximum Gasteiger partial charge on any atom is 0.175 e. The second kappa shape index (κ2) is 9.19. The third-order valence-corrected chi connectivity index (χ3v) is 5.24. The summed E-state index contributed by atoms with van der Waals surface area (Å²) in [6.07, 6.45) is 2.11. The molecular weight excluding hydrogens is 380 g/mol. The molecule has 2 rings (SSSR count). The summed E-state index contributed by atoms with van der Waals surface area (Å²) >= 11 is 5.44. The molecule has 0 aliphatic carbocycles. The average molecular weight is 407 g/mol. The van der Waals surface area contributed by atoms with Gasteiger partial charge in [-0.15, -0.1) is 0 Å². The Kier molecular flexibility index (Phi) is 7.21. The van der Waals surface area contributed by atoms with E-state index in [4.69, 9.17) is 17.0 Å². The first-order valence-corrected chi connectivity index (χ1v) is 11.1. The van der Waals surface area contributed by atoms with Gasteiger partial charge in [-0.05, 0) is 62.3 Å². The van der Waals surface area contributed by atoms with Crippen LogP contribution in [0.2, 0.25) is 0 Å². The highest BCUT2D eigenvalue weighted by atomic mass is 32.2. The fourth-order valence-corrected chi connectivity index (χ4v) is 3.50. The minimum absolute atomic E-state index is 0.0197. The van der Waals surface area contributed by atoms with Crippen LogP contribution in [0.15, 0.2) is 53.4 Å². The molecule has 0 fully saturated rings. The fraction of sp³-hybridized carbons (Fsp3) is 0.350. The molecule has 7 heteroatoms. The molecule has 146 valence electrons. The number of rotatable bonds is 7. The topological polar surface area (TPSA) is 67.4 Å². The Morgan fingerprint density at radius 3 is 2.37 bits per heavy atom. The summed E-state index contributed by atoms with van der Waals surface area (Å²) in [5.41, 5.74) is 1.82. The number of thiocarbonyl (C=S) groups is 1. The lowest BCUT2D eigenvalue weighted by molar-refractivity contribution is 0.242. The van der Waals surface area contributed by atoms with Gasteiger partial charge in [-0.2, -0.15) is 0 Å². The summed E-state index contributed by atoms with van der Waals surface area (Å²) in [7, 11) is -3.20. The van der Waals surface area contributed by atoms with Crippen molar-refractivity contribution in [1.82, 2.24) is 5.32 Å². The van der Waals surface area contributed by atoms with E-state index in [1.54, 1.807) is 12.1 Å². The van der Waals surface area contributed by atoms with Crippen LogP contribution in [-0.4, -0.2) is 25.9 Å². The molecule has 1 atom stereocenters. The lowest BCUT2D eigenvalue weighted by Crippen LogP contribution is -2.32. The van der Waals surface area contributed by atoms with Gasteiger partial charge in [-0.3, -0.25) is 0 Å². The van der Waals surface area contributed by atoms with Gasteiger partial charge in [0.25, 0.3) is 0 Å². The normalized spacial score (nSPS) is 12.5. The minimum atomic E-state index is -3.20. The molecular formula is C20H26N2O3S2. The highest BCUT2D eigenvalue weighted by Gasteiger charge is 2.13. The van der Waals surface area contributed by atoms with Gasteiger partial charge in [0.15, 0.2) is 14.9 Å². The number of anilines is 1. The second-order valence-corrected chi connectivity index (χ2v) is 9.02. The molecule has 0 aliphatic rings. The Morgan fingerprint density at radius 1 is 1.15 bits per heavy atom. The van der Waals surface area contributed by atoms with Gasteiger partial charge < -0.3 is 15.4 Å². The predicted octanol–water partition coefficient (Wildman–Crippen LogP) is 4.32. The third kappa shape index (κ3) is 6.52. The summed E-state index contributed by atoms with van der Waals surface area (Å²) in [5, 5.41) is 6.95. The Morgan fingerprint density at radius 2 is 1.81 bits per heavy atom. The zero-order valence-electron chi connectivity index (χ0n) is 16.0.